The van der Waals surface area contributed by atoms with Crippen molar-refractivity contribution in [3.63, 3.8) is 0 Å². The Balaban J connectivity index is 2.95. The first kappa shape index (κ1) is 16.2. The van der Waals surface area contributed by atoms with Crippen molar-refractivity contribution in [3.8, 4) is 0 Å². The molecule has 0 aliphatic rings. The van der Waals surface area contributed by atoms with Gasteiger partial charge in [-0.25, -0.2) is 4.98 Å². The lowest BCUT2D eigenvalue weighted by molar-refractivity contribution is -0.385. The van der Waals surface area contributed by atoms with Gasteiger partial charge in [-0.15, -0.1) is 0 Å². The molecule has 0 aromatic carbocycles. The van der Waals surface area contributed by atoms with Crippen molar-refractivity contribution >= 4 is 33.4 Å². The zero-order valence-corrected chi connectivity index (χ0v) is 12.8. The van der Waals surface area contributed by atoms with Crippen LogP contribution in [0.3, 0.4) is 0 Å². The fourth-order valence-electron chi connectivity index (χ4n) is 1.37. The predicted octanol–water partition coefficient (Wildman–Crippen LogP) is 2.67. The van der Waals surface area contributed by atoms with Crippen molar-refractivity contribution in [2.75, 3.05) is 0 Å². The number of hydrogen-bond acceptors (Lipinski definition) is 6. The van der Waals surface area contributed by atoms with Gasteiger partial charge in [-0.2, -0.15) is 0 Å². The number of carbonyl (C=O) groups excluding carboxylic acids is 2. The zero-order chi connectivity index (χ0) is 15.5. The Hall–Kier alpha value is -1.83. The molecule has 1 aromatic rings. The highest BCUT2D eigenvalue weighted by atomic mass is 79.9. The molecule has 7 nitrogen and oxygen atoms in total. The highest BCUT2D eigenvalue weighted by Crippen LogP contribution is 2.21. The Kier molecular flexibility index (Phi) is 4.93. The molecule has 20 heavy (non-hydrogen) atoms. The molecule has 108 valence electrons. The van der Waals surface area contributed by atoms with Crippen LogP contribution >= 0.6 is 15.9 Å². The van der Waals surface area contributed by atoms with Crippen LogP contribution < -0.4 is 0 Å². The highest BCUT2D eigenvalue weighted by molar-refractivity contribution is 9.10. The maximum Gasteiger partial charge on any atom is 0.314 e. The fourth-order valence-corrected chi connectivity index (χ4v) is 1.68. The van der Waals surface area contributed by atoms with E-state index in [0.29, 0.717) is 0 Å². The van der Waals surface area contributed by atoms with Crippen LogP contribution in [0, 0.1) is 10.1 Å². The number of nitro groups is 1. The molecule has 0 saturated heterocycles. The second kappa shape index (κ2) is 6.08. The molecule has 0 atom stereocenters. The van der Waals surface area contributed by atoms with Crippen LogP contribution in [0.2, 0.25) is 0 Å². The molecule has 0 fully saturated rings. The van der Waals surface area contributed by atoms with Gasteiger partial charge in [0, 0.05) is 6.07 Å². The lowest BCUT2D eigenvalue weighted by Gasteiger charge is -2.19. The number of hydrogen-bond donors (Lipinski definition) is 0. The van der Waals surface area contributed by atoms with Crippen LogP contribution in [0.1, 0.15) is 37.7 Å². The van der Waals surface area contributed by atoms with Gasteiger partial charge in [0.25, 0.3) is 5.69 Å². The van der Waals surface area contributed by atoms with Crippen LogP contribution in [-0.2, 0) is 9.53 Å². The Labute approximate surface area is 123 Å². The van der Waals surface area contributed by atoms with Gasteiger partial charge >= 0.3 is 5.97 Å². The molecule has 0 bridgehead atoms. The summed E-state index contributed by atoms with van der Waals surface area (Å²) < 4.78 is 5.27. The minimum atomic E-state index is -0.757. The second-order valence-electron chi connectivity index (χ2n) is 4.95. The predicted molar refractivity (Wildman–Crippen MR) is 73.4 cm³/mol. The quantitative estimate of drug-likeness (QED) is 0.208. The Bertz CT molecular complexity index is 565. The van der Waals surface area contributed by atoms with Gasteiger partial charge in [-0.1, -0.05) is 0 Å². The molecule has 0 radical (unpaired) electrons. The molecule has 0 N–H and O–H groups in total. The van der Waals surface area contributed by atoms with E-state index in [0.717, 1.165) is 6.07 Å². The summed E-state index contributed by atoms with van der Waals surface area (Å²) in [6.07, 6.45) is -0.596. The van der Waals surface area contributed by atoms with Crippen LogP contribution in [0.4, 0.5) is 5.69 Å². The maximum atomic E-state index is 11.9. The first-order chi connectivity index (χ1) is 9.10. The van der Waals surface area contributed by atoms with Crippen LogP contribution in [-0.4, -0.2) is 27.3 Å². The molecular weight excluding hydrogens is 332 g/mol. The van der Waals surface area contributed by atoms with E-state index in [1.54, 1.807) is 20.8 Å². The SMILES string of the molecule is CC(C)(C)OC(=O)CC(=O)c1nc(Br)ccc1[N+](=O)[O-]. The number of halogens is 1. The Morgan fingerprint density at radius 2 is 2.00 bits per heavy atom. The van der Waals surface area contributed by atoms with Crippen molar-refractivity contribution in [1.82, 2.24) is 4.98 Å². The van der Waals surface area contributed by atoms with E-state index in [2.05, 4.69) is 20.9 Å². The van der Waals surface area contributed by atoms with Gasteiger partial charge < -0.3 is 4.74 Å². The van der Waals surface area contributed by atoms with Gasteiger partial charge in [0.05, 0.1) is 4.92 Å². The number of pyridine rings is 1. The fraction of sp³-hybridized carbons (Fsp3) is 0.417. The number of Topliss-reactive ketones (excluding diaryl/α,β-unsaturated/α-hetero) is 1. The number of ether oxygens (including phenoxy) is 1. The molecule has 0 aliphatic heterocycles. The monoisotopic (exact) mass is 344 g/mol. The van der Waals surface area contributed by atoms with Gasteiger partial charge in [-0.3, -0.25) is 19.7 Å². The van der Waals surface area contributed by atoms with Gasteiger partial charge in [-0.05, 0) is 42.8 Å². The third-order valence-corrected chi connectivity index (χ3v) is 2.47. The number of aromatic nitrogens is 1. The number of rotatable bonds is 4. The number of esters is 1. The summed E-state index contributed by atoms with van der Waals surface area (Å²) >= 11 is 3.03. The largest absolute Gasteiger partial charge is 0.460 e. The molecule has 1 heterocycles. The zero-order valence-electron chi connectivity index (χ0n) is 11.2. The van der Waals surface area contributed by atoms with Crippen molar-refractivity contribution < 1.29 is 19.2 Å². The van der Waals surface area contributed by atoms with E-state index in [1.807, 2.05) is 0 Å². The highest BCUT2D eigenvalue weighted by Gasteiger charge is 2.26. The molecule has 0 saturated carbocycles. The van der Waals surface area contributed by atoms with E-state index in [-0.39, 0.29) is 10.3 Å². The van der Waals surface area contributed by atoms with Crippen LogP contribution in [0.25, 0.3) is 0 Å². The average molecular weight is 345 g/mol. The third-order valence-electron chi connectivity index (χ3n) is 2.03. The van der Waals surface area contributed by atoms with E-state index >= 15 is 0 Å². The summed E-state index contributed by atoms with van der Waals surface area (Å²) in [5.41, 5.74) is -1.54. The molecule has 0 amide bonds. The van der Waals surface area contributed by atoms with Crippen molar-refractivity contribution in [2.45, 2.75) is 32.8 Å². The third kappa shape index (κ3) is 4.69. The van der Waals surface area contributed by atoms with E-state index in [9.17, 15) is 19.7 Å². The lowest BCUT2D eigenvalue weighted by Crippen LogP contribution is -2.25. The average Bonchev–Trinajstić information content (AvgIpc) is 2.25. The normalized spacial score (nSPS) is 11.0. The summed E-state index contributed by atoms with van der Waals surface area (Å²) in [6, 6.07) is 2.50. The van der Waals surface area contributed by atoms with Gasteiger partial charge in [0.1, 0.15) is 16.6 Å². The standard InChI is InChI=1S/C12H13BrN2O5/c1-12(2,3)20-10(17)6-8(16)11-7(15(18)19)4-5-9(13)14-11/h4-5H,6H2,1-3H3. The number of carbonyl (C=O) groups is 2. The first-order valence-corrected chi connectivity index (χ1v) is 6.45. The second-order valence-corrected chi connectivity index (χ2v) is 5.76. The number of nitrogens with zero attached hydrogens (tertiary/aromatic N) is 2. The van der Waals surface area contributed by atoms with E-state index < -0.39 is 34.4 Å². The topological polar surface area (TPSA) is 99.4 Å². The molecule has 0 spiro atoms. The molecule has 1 rings (SSSR count). The molecule has 0 aliphatic carbocycles. The minimum Gasteiger partial charge on any atom is -0.460 e. The summed E-state index contributed by atoms with van der Waals surface area (Å²) in [7, 11) is 0. The molecular formula is C12H13BrN2O5. The molecule has 1 aromatic heterocycles. The lowest BCUT2D eigenvalue weighted by atomic mass is 10.1. The van der Waals surface area contributed by atoms with Gasteiger partial charge in [0.15, 0.2) is 11.5 Å². The summed E-state index contributed by atoms with van der Waals surface area (Å²) in [6.45, 7) is 4.99. The van der Waals surface area contributed by atoms with E-state index in [4.69, 9.17) is 4.74 Å². The first-order valence-electron chi connectivity index (χ1n) is 5.66. The van der Waals surface area contributed by atoms with Crippen molar-refractivity contribution in [1.29, 1.82) is 0 Å². The summed E-state index contributed by atoms with van der Waals surface area (Å²) in [4.78, 5) is 37.4. The van der Waals surface area contributed by atoms with Crippen LogP contribution in [0.15, 0.2) is 16.7 Å². The summed E-state index contributed by atoms with van der Waals surface area (Å²) in [5, 5.41) is 10.8. The molecule has 0 unspecified atom stereocenters. The minimum absolute atomic E-state index is 0.274. The van der Waals surface area contributed by atoms with Gasteiger partial charge in [0.2, 0.25) is 0 Å². The Morgan fingerprint density at radius 1 is 1.40 bits per heavy atom. The maximum absolute atomic E-state index is 11.9. The van der Waals surface area contributed by atoms with E-state index in [1.165, 1.54) is 6.07 Å². The van der Waals surface area contributed by atoms with Crippen molar-refractivity contribution in [2.24, 2.45) is 0 Å². The Morgan fingerprint density at radius 3 is 2.50 bits per heavy atom. The number of ketones is 1. The smallest absolute Gasteiger partial charge is 0.314 e. The summed E-state index contributed by atoms with van der Waals surface area (Å²) in [5.74, 6) is -1.51. The van der Waals surface area contributed by atoms with Crippen LogP contribution in [0.5, 0.6) is 0 Å². The molecule has 8 heteroatoms. The van der Waals surface area contributed by atoms with Crippen molar-refractivity contribution in [3.05, 3.63) is 32.5 Å².